The average molecular weight is 581 g/mol. The van der Waals surface area contributed by atoms with Crippen molar-refractivity contribution in [1.82, 2.24) is 4.58 Å². The van der Waals surface area contributed by atoms with Crippen molar-refractivity contribution in [2.75, 3.05) is 26.3 Å². The van der Waals surface area contributed by atoms with Gasteiger partial charge in [0.05, 0.1) is 11.0 Å². The molecular formula is C23H19BrNO8S2+. The number of hydrogen-bond acceptors (Lipinski definition) is 6. The van der Waals surface area contributed by atoms with Crippen LogP contribution in [0.4, 0.5) is 0 Å². The molecule has 2 aromatic rings. The number of morpholine rings is 1. The Labute approximate surface area is 209 Å². The van der Waals surface area contributed by atoms with Gasteiger partial charge in [0.1, 0.15) is 29.5 Å². The summed E-state index contributed by atoms with van der Waals surface area (Å²) < 4.78 is 81.9. The third-order valence-corrected chi connectivity index (χ3v) is 8.08. The van der Waals surface area contributed by atoms with Crippen molar-refractivity contribution in [2.45, 2.75) is 9.79 Å². The van der Waals surface area contributed by atoms with Gasteiger partial charge in [-0.2, -0.15) is 16.8 Å². The van der Waals surface area contributed by atoms with Gasteiger partial charge in [0.15, 0.2) is 13.1 Å². The lowest BCUT2D eigenvalue weighted by atomic mass is 9.93. The van der Waals surface area contributed by atoms with Crippen molar-refractivity contribution in [1.29, 1.82) is 0 Å². The molecule has 1 aliphatic carbocycles. The van der Waals surface area contributed by atoms with E-state index < -0.39 is 30.0 Å². The van der Waals surface area contributed by atoms with E-state index in [1.165, 1.54) is 6.07 Å². The summed E-state index contributed by atoms with van der Waals surface area (Å²) in [5.41, 5.74) is 1.49. The van der Waals surface area contributed by atoms with Crippen LogP contribution in [-0.4, -0.2) is 52.2 Å². The zero-order valence-corrected chi connectivity index (χ0v) is 21.2. The number of halogens is 1. The van der Waals surface area contributed by atoms with Crippen LogP contribution in [0.5, 0.6) is 0 Å². The summed E-state index contributed by atoms with van der Waals surface area (Å²) >= 11 is 3.42. The van der Waals surface area contributed by atoms with E-state index in [9.17, 15) is 25.9 Å². The van der Waals surface area contributed by atoms with Crippen LogP contribution in [0.25, 0.3) is 33.4 Å². The Hall–Kier alpha value is -2.61. The van der Waals surface area contributed by atoms with E-state index in [1.807, 2.05) is 12.1 Å². The molecule has 2 aliphatic heterocycles. The van der Waals surface area contributed by atoms with Crippen LogP contribution < -0.4 is 9.93 Å². The molecule has 182 valence electrons. The first-order valence-electron chi connectivity index (χ1n) is 10.4. The van der Waals surface area contributed by atoms with Crippen LogP contribution in [0.15, 0.2) is 73.3 Å². The van der Waals surface area contributed by atoms with Gasteiger partial charge in [-0.1, -0.05) is 22.0 Å². The molecule has 2 heterocycles. The van der Waals surface area contributed by atoms with Gasteiger partial charge < -0.3 is 9.15 Å². The van der Waals surface area contributed by atoms with Crippen molar-refractivity contribution in [3.05, 3.63) is 64.4 Å². The molecule has 0 unspecified atom stereocenters. The second kappa shape index (κ2) is 8.80. The van der Waals surface area contributed by atoms with Crippen molar-refractivity contribution in [3.63, 3.8) is 0 Å². The number of fused-ring (bicyclic) bond motifs is 2. The number of nitrogens with zero attached hydrogens (tertiary/aromatic N) is 1. The Balaban J connectivity index is 1.90. The highest BCUT2D eigenvalue weighted by Gasteiger charge is 2.26. The van der Waals surface area contributed by atoms with Gasteiger partial charge in [0.2, 0.25) is 5.36 Å². The molecule has 12 heteroatoms. The summed E-state index contributed by atoms with van der Waals surface area (Å²) in [5.74, 6) is 0.467. The molecule has 1 fully saturated rings. The third kappa shape index (κ3) is 4.65. The van der Waals surface area contributed by atoms with E-state index in [1.54, 1.807) is 24.3 Å². The minimum Gasteiger partial charge on any atom is -0.456 e. The van der Waals surface area contributed by atoms with Gasteiger partial charge in [-0.15, -0.1) is 0 Å². The minimum absolute atomic E-state index is 0.0622. The predicted octanol–water partition coefficient (Wildman–Crippen LogP) is 3.26. The molecule has 35 heavy (non-hydrogen) atoms. The van der Waals surface area contributed by atoms with Crippen molar-refractivity contribution in [3.8, 4) is 22.5 Å². The zero-order valence-electron chi connectivity index (χ0n) is 18.0. The molecule has 0 atom stereocenters. The average Bonchev–Trinajstić information content (AvgIpc) is 2.81. The molecule has 0 spiro atoms. The monoisotopic (exact) mass is 580 g/mol. The highest BCUT2D eigenvalue weighted by atomic mass is 79.9. The molecule has 2 N–H and O–H groups in total. The molecule has 3 aliphatic rings. The highest BCUT2D eigenvalue weighted by Crippen LogP contribution is 2.43. The molecule has 5 rings (SSSR count). The summed E-state index contributed by atoms with van der Waals surface area (Å²) in [4.78, 5) is -1.30. The first-order valence-corrected chi connectivity index (χ1v) is 14.1. The normalized spacial score (nSPS) is 15.1. The second-order valence-corrected chi connectivity index (χ2v) is 11.7. The topological polar surface area (TPSA) is 134 Å². The van der Waals surface area contributed by atoms with Gasteiger partial charge in [-0.3, -0.25) is 9.11 Å². The van der Waals surface area contributed by atoms with Gasteiger partial charge in [0, 0.05) is 32.6 Å². The molecule has 2 aromatic carbocycles. The summed E-state index contributed by atoms with van der Waals surface area (Å²) in [6.45, 7) is 2.62. The summed E-state index contributed by atoms with van der Waals surface area (Å²) in [7, 11) is -9.58. The molecule has 0 saturated carbocycles. The van der Waals surface area contributed by atoms with Crippen molar-refractivity contribution in [2.24, 2.45) is 0 Å². The largest absolute Gasteiger partial charge is 0.456 e. The number of ether oxygens (including phenoxy) is 1. The zero-order chi connectivity index (χ0) is 25.0. The maximum atomic E-state index is 12.3. The Kier molecular flexibility index (Phi) is 6.06. The van der Waals surface area contributed by atoms with Crippen LogP contribution in [0, 0.1) is 0 Å². The quantitative estimate of drug-likeness (QED) is 0.214. The van der Waals surface area contributed by atoms with Gasteiger partial charge >= 0.3 is 0 Å². The molecule has 0 amide bonds. The summed E-state index contributed by atoms with van der Waals surface area (Å²) in [6, 6.07) is 13.8. The smallest absolute Gasteiger partial charge is 0.295 e. The number of hydrogen-bond donors (Lipinski definition) is 2. The first kappa shape index (κ1) is 24.1. The second-order valence-electron chi connectivity index (χ2n) is 8.01. The molecule has 0 radical (unpaired) electrons. The fraction of sp³-hybridized carbons (Fsp3) is 0.174. The van der Waals surface area contributed by atoms with E-state index in [4.69, 9.17) is 9.15 Å². The van der Waals surface area contributed by atoms with E-state index in [-0.39, 0.29) is 5.56 Å². The number of benzene rings is 3. The first-order chi connectivity index (χ1) is 16.5. The van der Waals surface area contributed by atoms with Crippen LogP contribution in [-0.2, 0) is 25.0 Å². The van der Waals surface area contributed by atoms with Crippen LogP contribution in [0.3, 0.4) is 0 Å². The fourth-order valence-electron chi connectivity index (χ4n) is 4.24. The lowest BCUT2D eigenvalue weighted by Gasteiger charge is -2.18. The van der Waals surface area contributed by atoms with Crippen LogP contribution >= 0.6 is 15.9 Å². The van der Waals surface area contributed by atoms with Gasteiger partial charge in [-0.25, -0.2) is 4.58 Å². The summed E-state index contributed by atoms with van der Waals surface area (Å²) in [6.07, 6.45) is 0. The van der Waals surface area contributed by atoms with E-state index in [2.05, 4.69) is 20.5 Å². The lowest BCUT2D eigenvalue weighted by molar-refractivity contribution is 0.0965. The SMILES string of the molecule is O=S(=O)(O)c1ccc(-c2c3ccc(=[N+]4CCOCC4)cc-3oc3cc(Br)ccc23)c(S(=O)(=O)O)c1. The summed E-state index contributed by atoms with van der Waals surface area (Å²) in [5, 5.41) is 1.45. The Morgan fingerprint density at radius 1 is 0.829 bits per heavy atom. The maximum absolute atomic E-state index is 12.3. The molecule has 9 nitrogen and oxygen atoms in total. The fourth-order valence-corrected chi connectivity index (χ4v) is 5.89. The Bertz CT molecular complexity index is 1740. The van der Waals surface area contributed by atoms with E-state index >= 15 is 0 Å². The predicted molar refractivity (Wildman–Crippen MR) is 131 cm³/mol. The van der Waals surface area contributed by atoms with E-state index in [0.29, 0.717) is 54.2 Å². The Morgan fingerprint density at radius 2 is 1.54 bits per heavy atom. The van der Waals surface area contributed by atoms with Crippen molar-refractivity contribution < 1.29 is 35.1 Å². The molecule has 0 bridgehead atoms. The third-order valence-electron chi connectivity index (χ3n) is 5.84. The lowest BCUT2D eigenvalue weighted by Crippen LogP contribution is -2.39. The van der Waals surface area contributed by atoms with Crippen molar-refractivity contribution >= 4 is 47.1 Å². The number of rotatable bonds is 3. The van der Waals surface area contributed by atoms with E-state index in [0.717, 1.165) is 22.0 Å². The minimum atomic E-state index is -4.87. The van der Waals surface area contributed by atoms with Gasteiger partial charge in [0.25, 0.3) is 20.2 Å². The maximum Gasteiger partial charge on any atom is 0.295 e. The molecule has 0 aromatic heterocycles. The Morgan fingerprint density at radius 3 is 2.23 bits per heavy atom. The standard InChI is InChI=1S/C23H18BrNO8S2/c24-14-1-4-17-20(11-14)33-21-12-15(25-7-9-32-10-8-25)2-5-18(21)23(17)19-6-3-16(34(26,27)28)13-22(19)35(29,30)31/h1-6,11-13H,7-10H2,(H-,26,27,28,29,30,31)/p+1. The highest BCUT2D eigenvalue weighted by molar-refractivity contribution is 9.10. The molecule has 1 saturated heterocycles. The molecular weight excluding hydrogens is 562 g/mol. The van der Waals surface area contributed by atoms with Gasteiger partial charge in [-0.05, 0) is 36.4 Å². The van der Waals surface area contributed by atoms with Crippen LogP contribution in [0.1, 0.15) is 0 Å². The van der Waals surface area contributed by atoms with Crippen LogP contribution in [0.2, 0.25) is 0 Å².